The molecule has 218 valence electrons. The molecular formula is C32H25BF6N4. The van der Waals surface area contributed by atoms with Crippen molar-refractivity contribution in [3.63, 3.8) is 0 Å². The second-order valence-electron chi connectivity index (χ2n) is 11.0. The van der Waals surface area contributed by atoms with Gasteiger partial charge in [-0.3, -0.25) is 9.67 Å². The number of H-pyrrole nitrogens is 1. The molecule has 0 atom stereocenters. The normalized spacial score (nSPS) is 12.4. The highest BCUT2D eigenvalue weighted by atomic mass is 19.4. The first kappa shape index (κ1) is 28.6. The van der Waals surface area contributed by atoms with Crippen LogP contribution >= 0.6 is 0 Å². The number of nitrogens with zero attached hydrogens (tertiary/aromatic N) is 3. The van der Waals surface area contributed by atoms with Crippen LogP contribution in [0.25, 0.3) is 27.6 Å². The molecule has 6 aromatic rings. The van der Waals surface area contributed by atoms with Gasteiger partial charge in [0.05, 0.1) is 16.6 Å². The summed E-state index contributed by atoms with van der Waals surface area (Å²) in [5.41, 5.74) is 4.52. The van der Waals surface area contributed by atoms with Crippen molar-refractivity contribution < 1.29 is 26.3 Å². The zero-order valence-corrected chi connectivity index (χ0v) is 23.6. The van der Waals surface area contributed by atoms with Crippen LogP contribution in [0.2, 0.25) is 0 Å². The number of hydrogen-bond acceptors (Lipinski definition) is 2. The average molecular weight is 590 g/mol. The van der Waals surface area contributed by atoms with Gasteiger partial charge in [-0.2, -0.15) is 31.4 Å². The lowest BCUT2D eigenvalue weighted by Gasteiger charge is -2.19. The Hall–Kier alpha value is -4.54. The van der Waals surface area contributed by atoms with Crippen molar-refractivity contribution in [3.05, 3.63) is 106 Å². The van der Waals surface area contributed by atoms with E-state index in [-0.39, 0.29) is 5.59 Å². The van der Waals surface area contributed by atoms with Gasteiger partial charge in [-0.25, -0.2) is 4.98 Å². The third-order valence-corrected chi connectivity index (χ3v) is 7.75. The van der Waals surface area contributed by atoms with Crippen LogP contribution in [0.4, 0.5) is 26.3 Å². The number of rotatable bonds is 4. The van der Waals surface area contributed by atoms with Gasteiger partial charge in [0.2, 0.25) is 0 Å². The second kappa shape index (κ2) is 10.0. The predicted molar refractivity (Wildman–Crippen MR) is 157 cm³/mol. The summed E-state index contributed by atoms with van der Waals surface area (Å²) in [5.74, 6) is 0.420. The predicted octanol–water partition coefficient (Wildman–Crippen LogP) is 6.69. The van der Waals surface area contributed by atoms with Crippen LogP contribution in [-0.2, 0) is 12.4 Å². The fraction of sp³-hybridized carbons (Fsp3) is 0.188. The van der Waals surface area contributed by atoms with Gasteiger partial charge in [-0.1, -0.05) is 52.0 Å². The molecule has 3 aromatic carbocycles. The fourth-order valence-corrected chi connectivity index (χ4v) is 6.02. The quantitative estimate of drug-likeness (QED) is 0.184. The summed E-state index contributed by atoms with van der Waals surface area (Å²) in [6.45, 7) is 6.90. The Morgan fingerprint density at radius 1 is 0.698 bits per heavy atom. The third kappa shape index (κ3) is 5.06. The Kier molecular flexibility index (Phi) is 6.67. The molecule has 0 aliphatic rings. The second-order valence-corrected chi connectivity index (χ2v) is 11.0. The number of halogens is 6. The molecule has 0 unspecified atom stereocenters. The molecule has 3 heterocycles. The number of aromatic amines is 1. The van der Waals surface area contributed by atoms with Crippen LogP contribution in [0.3, 0.4) is 0 Å². The minimum absolute atomic E-state index is 0.222. The van der Waals surface area contributed by atoms with Crippen LogP contribution in [0, 0.1) is 27.7 Å². The summed E-state index contributed by atoms with van der Waals surface area (Å²) in [6.07, 6.45) is -9.15. The number of nitrogens with one attached hydrogen (secondary N) is 1. The van der Waals surface area contributed by atoms with Crippen LogP contribution in [0.5, 0.6) is 0 Å². The minimum atomic E-state index is -4.64. The van der Waals surface area contributed by atoms with Crippen LogP contribution in [0.1, 0.15) is 33.5 Å². The van der Waals surface area contributed by atoms with Crippen molar-refractivity contribution in [2.24, 2.45) is 0 Å². The first-order valence-corrected chi connectivity index (χ1v) is 13.5. The molecule has 0 saturated carbocycles. The molecule has 43 heavy (non-hydrogen) atoms. The zero-order chi connectivity index (χ0) is 30.8. The van der Waals surface area contributed by atoms with Gasteiger partial charge in [0.1, 0.15) is 5.82 Å². The number of aryl methyl sites for hydroxylation is 4. The Labute approximate surface area is 243 Å². The van der Waals surface area contributed by atoms with Crippen LogP contribution in [0.15, 0.2) is 72.8 Å². The van der Waals surface area contributed by atoms with Gasteiger partial charge in [0.15, 0.2) is 5.69 Å². The first-order valence-electron chi connectivity index (χ1n) is 13.5. The van der Waals surface area contributed by atoms with E-state index in [2.05, 4.69) is 10.2 Å². The SMILES string of the molecule is Cc1cc(C)c(B(c2cccc(-n3c4ccc(C)cc4c4cc(C(F)(F)F)ccc43)n2)c2cc(C(F)(F)F)n[nH]2)c(C)c1. The maximum atomic E-state index is 13.7. The number of alkyl halides is 6. The van der Waals surface area contributed by atoms with E-state index in [1.807, 2.05) is 58.0 Å². The first-order chi connectivity index (χ1) is 20.2. The molecule has 3 aromatic heterocycles. The van der Waals surface area contributed by atoms with E-state index >= 15 is 0 Å². The maximum Gasteiger partial charge on any atom is 0.435 e. The Morgan fingerprint density at radius 3 is 1.98 bits per heavy atom. The van der Waals surface area contributed by atoms with E-state index in [1.165, 1.54) is 6.07 Å². The topological polar surface area (TPSA) is 46.5 Å². The molecule has 0 aliphatic heterocycles. The molecule has 6 rings (SSSR count). The number of pyridine rings is 1. The Bertz CT molecular complexity index is 2000. The number of hydrogen-bond donors (Lipinski definition) is 1. The van der Waals surface area contributed by atoms with Gasteiger partial charge in [0, 0.05) is 22.0 Å². The number of benzene rings is 3. The van der Waals surface area contributed by atoms with E-state index in [1.54, 1.807) is 22.8 Å². The largest absolute Gasteiger partial charge is 0.435 e. The summed E-state index contributed by atoms with van der Waals surface area (Å²) in [4.78, 5) is 4.95. The Morgan fingerprint density at radius 2 is 1.35 bits per heavy atom. The molecule has 0 spiro atoms. The molecule has 0 bridgehead atoms. The number of fused-ring (bicyclic) bond motifs is 3. The lowest BCUT2D eigenvalue weighted by molar-refractivity contribution is -0.141. The molecule has 0 radical (unpaired) electrons. The highest BCUT2D eigenvalue weighted by Crippen LogP contribution is 2.37. The van der Waals surface area contributed by atoms with Gasteiger partial charge in [-0.15, -0.1) is 0 Å². The smallest absolute Gasteiger partial charge is 0.294 e. The van der Waals surface area contributed by atoms with Crippen molar-refractivity contribution in [2.75, 3.05) is 0 Å². The van der Waals surface area contributed by atoms with E-state index in [9.17, 15) is 26.3 Å². The lowest BCUT2D eigenvalue weighted by atomic mass is 9.38. The summed E-state index contributed by atoms with van der Waals surface area (Å²) < 4.78 is 83.5. The molecule has 0 amide bonds. The fourth-order valence-electron chi connectivity index (χ4n) is 6.02. The van der Waals surface area contributed by atoms with Crippen molar-refractivity contribution in [3.8, 4) is 5.82 Å². The molecular weight excluding hydrogens is 565 g/mol. The Balaban J connectivity index is 1.60. The van der Waals surface area contributed by atoms with Crippen LogP contribution < -0.4 is 16.6 Å². The maximum absolute atomic E-state index is 13.7. The van der Waals surface area contributed by atoms with Crippen molar-refractivity contribution in [1.82, 2.24) is 19.7 Å². The third-order valence-electron chi connectivity index (χ3n) is 7.75. The van der Waals surface area contributed by atoms with E-state index < -0.39 is 30.3 Å². The van der Waals surface area contributed by atoms with E-state index in [0.29, 0.717) is 33.2 Å². The molecule has 11 heteroatoms. The van der Waals surface area contributed by atoms with Gasteiger partial charge < -0.3 is 0 Å². The van der Waals surface area contributed by atoms with Crippen molar-refractivity contribution in [2.45, 2.75) is 40.0 Å². The van der Waals surface area contributed by atoms with E-state index in [4.69, 9.17) is 4.98 Å². The molecule has 0 fully saturated rings. The summed E-state index contributed by atoms with van der Waals surface area (Å²) in [7, 11) is 0. The summed E-state index contributed by atoms with van der Waals surface area (Å²) >= 11 is 0. The molecule has 1 N–H and O–H groups in total. The summed E-state index contributed by atoms with van der Waals surface area (Å²) in [5, 5.41) is 7.21. The van der Waals surface area contributed by atoms with Gasteiger partial charge >= 0.3 is 12.4 Å². The van der Waals surface area contributed by atoms with E-state index in [0.717, 1.165) is 45.9 Å². The van der Waals surface area contributed by atoms with Gasteiger partial charge in [0.25, 0.3) is 6.71 Å². The monoisotopic (exact) mass is 590 g/mol. The highest BCUT2D eigenvalue weighted by molar-refractivity contribution is 6.95. The summed E-state index contributed by atoms with van der Waals surface area (Å²) in [6, 6.07) is 19.3. The highest BCUT2D eigenvalue weighted by Gasteiger charge is 2.37. The zero-order valence-electron chi connectivity index (χ0n) is 23.6. The van der Waals surface area contributed by atoms with Gasteiger partial charge in [-0.05, 0) is 76.2 Å². The standard InChI is InChI=1S/C32H25BF6N4/c1-17-8-10-24-22(14-17)23-15-21(31(34,35)36)9-11-25(23)43(24)29-7-5-6-27(40-29)33(28-16-26(41-42-28)32(37,38)39)30-19(3)12-18(2)13-20(30)4/h5-16H,1-4H3,(H,41,42). The number of aromatic nitrogens is 4. The van der Waals surface area contributed by atoms with Crippen molar-refractivity contribution >= 4 is 45.2 Å². The molecule has 4 nitrogen and oxygen atoms in total. The lowest BCUT2D eigenvalue weighted by Crippen LogP contribution is -2.56. The van der Waals surface area contributed by atoms with Crippen LogP contribution in [-0.4, -0.2) is 26.5 Å². The average Bonchev–Trinajstić information content (AvgIpc) is 3.53. The van der Waals surface area contributed by atoms with Crippen molar-refractivity contribution in [1.29, 1.82) is 0 Å². The minimum Gasteiger partial charge on any atom is -0.294 e. The molecule has 0 saturated heterocycles. The molecule has 0 aliphatic carbocycles.